The van der Waals surface area contributed by atoms with Gasteiger partial charge in [0.05, 0.1) is 13.2 Å². The molecule has 30 heavy (non-hydrogen) atoms. The number of rotatable bonds is 7. The fourth-order valence-corrected chi connectivity index (χ4v) is 3.96. The summed E-state index contributed by atoms with van der Waals surface area (Å²) >= 11 is 0. The smallest absolute Gasteiger partial charge is 0.163 e. The average molecular weight is 401 g/mol. The third kappa shape index (κ3) is 4.39. The minimum atomic E-state index is -0.708. The summed E-state index contributed by atoms with van der Waals surface area (Å²) in [6.07, 6.45) is 4.00. The molecule has 3 aromatic rings. The maximum Gasteiger partial charge on any atom is 0.163 e. The number of hydrogen-bond acceptors (Lipinski definition) is 3. The van der Waals surface area contributed by atoms with Crippen LogP contribution in [0, 0.1) is 0 Å². The van der Waals surface area contributed by atoms with Crippen LogP contribution in [0.25, 0.3) is 0 Å². The lowest BCUT2D eigenvalue weighted by atomic mass is 9.80. The van der Waals surface area contributed by atoms with Crippen LogP contribution >= 0.6 is 0 Å². The van der Waals surface area contributed by atoms with Crippen LogP contribution in [-0.4, -0.2) is 25.1 Å². The topological polar surface area (TPSA) is 27.7 Å². The van der Waals surface area contributed by atoms with Gasteiger partial charge in [0, 0.05) is 0 Å². The maximum absolute atomic E-state index is 6.72. The molecule has 1 atom stereocenters. The van der Waals surface area contributed by atoms with E-state index < -0.39 is 11.4 Å². The first-order valence-electron chi connectivity index (χ1n) is 10.4. The molecular formula is C27H28O3. The van der Waals surface area contributed by atoms with Gasteiger partial charge in [0.2, 0.25) is 0 Å². The van der Waals surface area contributed by atoms with Crippen molar-refractivity contribution in [3.05, 3.63) is 120 Å². The Labute approximate surface area is 178 Å². The molecule has 0 bridgehead atoms. The molecule has 1 aliphatic heterocycles. The highest BCUT2D eigenvalue weighted by molar-refractivity contribution is 5.47. The van der Waals surface area contributed by atoms with Crippen LogP contribution in [0.4, 0.5) is 0 Å². The van der Waals surface area contributed by atoms with Gasteiger partial charge in [-0.25, -0.2) is 0 Å². The summed E-state index contributed by atoms with van der Waals surface area (Å²) in [5.74, 6) is -0.530. The predicted octanol–water partition coefficient (Wildman–Crippen LogP) is 5.70. The fourth-order valence-electron chi connectivity index (χ4n) is 3.96. The molecule has 0 saturated carbocycles. The Morgan fingerprint density at radius 3 is 1.70 bits per heavy atom. The lowest BCUT2D eigenvalue weighted by Crippen LogP contribution is -2.33. The second-order valence-corrected chi connectivity index (χ2v) is 7.89. The maximum atomic E-state index is 6.72. The lowest BCUT2D eigenvalue weighted by Gasteiger charge is -2.35. The number of hydrogen-bond donors (Lipinski definition) is 0. The Balaban J connectivity index is 1.68. The first-order valence-corrected chi connectivity index (χ1v) is 10.4. The van der Waals surface area contributed by atoms with Crippen molar-refractivity contribution in [2.24, 2.45) is 0 Å². The Morgan fingerprint density at radius 2 is 1.30 bits per heavy atom. The van der Waals surface area contributed by atoms with Crippen molar-refractivity contribution in [2.75, 3.05) is 13.2 Å². The molecule has 3 nitrogen and oxygen atoms in total. The van der Waals surface area contributed by atoms with Gasteiger partial charge in [0.25, 0.3) is 0 Å². The molecule has 4 rings (SSSR count). The van der Waals surface area contributed by atoms with Crippen LogP contribution in [0.5, 0.6) is 0 Å². The highest BCUT2D eigenvalue weighted by Gasteiger charge is 2.37. The van der Waals surface area contributed by atoms with E-state index in [9.17, 15) is 0 Å². The summed E-state index contributed by atoms with van der Waals surface area (Å²) in [6.45, 7) is 4.87. The zero-order valence-corrected chi connectivity index (χ0v) is 17.5. The van der Waals surface area contributed by atoms with Crippen LogP contribution in [-0.2, 0) is 19.8 Å². The van der Waals surface area contributed by atoms with Gasteiger partial charge in [-0.1, -0.05) is 103 Å². The zero-order chi connectivity index (χ0) is 20.9. The molecule has 1 aliphatic rings. The molecular weight excluding hydrogens is 372 g/mol. The summed E-state index contributed by atoms with van der Waals surface area (Å²) in [6, 6.07) is 31.2. The van der Waals surface area contributed by atoms with Gasteiger partial charge >= 0.3 is 0 Å². The Bertz CT molecular complexity index is 853. The van der Waals surface area contributed by atoms with Crippen molar-refractivity contribution in [2.45, 2.75) is 31.3 Å². The van der Waals surface area contributed by atoms with Gasteiger partial charge in [-0.05, 0) is 30.5 Å². The first-order chi connectivity index (χ1) is 14.6. The molecule has 1 saturated heterocycles. The second-order valence-electron chi connectivity index (χ2n) is 7.89. The van der Waals surface area contributed by atoms with Crippen molar-refractivity contribution < 1.29 is 14.2 Å². The second kappa shape index (κ2) is 8.97. The van der Waals surface area contributed by atoms with E-state index in [1.54, 1.807) is 0 Å². The summed E-state index contributed by atoms with van der Waals surface area (Å²) < 4.78 is 18.2. The van der Waals surface area contributed by atoms with E-state index in [2.05, 4.69) is 72.8 Å². The lowest BCUT2D eigenvalue weighted by molar-refractivity contribution is -0.133. The summed E-state index contributed by atoms with van der Waals surface area (Å²) in [4.78, 5) is 0. The van der Waals surface area contributed by atoms with Gasteiger partial charge in [0.15, 0.2) is 5.79 Å². The summed E-state index contributed by atoms with van der Waals surface area (Å²) in [5, 5.41) is 0. The van der Waals surface area contributed by atoms with E-state index in [1.165, 1.54) is 0 Å². The first kappa shape index (κ1) is 20.5. The van der Waals surface area contributed by atoms with Crippen molar-refractivity contribution in [3.8, 4) is 0 Å². The predicted molar refractivity (Wildman–Crippen MR) is 119 cm³/mol. The largest absolute Gasteiger partial charge is 0.357 e. The van der Waals surface area contributed by atoms with Gasteiger partial charge in [0.1, 0.15) is 11.7 Å². The van der Waals surface area contributed by atoms with Crippen molar-refractivity contribution in [1.82, 2.24) is 0 Å². The van der Waals surface area contributed by atoms with Crippen LogP contribution in [0.2, 0.25) is 0 Å². The molecule has 0 aliphatic carbocycles. The standard InChI is InChI=1S/C27H28O3/c1-26(2)29-21-25(30-26)19-12-20-28-27(22-13-6-3-7-14-22,23-15-8-4-9-16-23)24-17-10-5-11-18-24/h3-19,25H,20-21H2,1-2H3/b19-12+/t25-/m0/s1. The van der Waals surface area contributed by atoms with Crippen LogP contribution in [0.1, 0.15) is 30.5 Å². The van der Waals surface area contributed by atoms with Crippen molar-refractivity contribution in [3.63, 3.8) is 0 Å². The van der Waals surface area contributed by atoms with E-state index in [-0.39, 0.29) is 6.10 Å². The highest BCUT2D eigenvalue weighted by Crippen LogP contribution is 2.40. The number of ether oxygens (including phenoxy) is 3. The minimum Gasteiger partial charge on any atom is -0.357 e. The van der Waals surface area contributed by atoms with E-state index in [0.717, 1.165) is 16.7 Å². The van der Waals surface area contributed by atoms with Gasteiger partial charge in [-0.3, -0.25) is 0 Å². The molecule has 3 heteroatoms. The van der Waals surface area contributed by atoms with Gasteiger partial charge in [-0.2, -0.15) is 0 Å². The molecule has 1 heterocycles. The molecule has 3 aromatic carbocycles. The van der Waals surface area contributed by atoms with Gasteiger partial charge < -0.3 is 14.2 Å². The zero-order valence-electron chi connectivity index (χ0n) is 17.5. The van der Waals surface area contributed by atoms with E-state index in [4.69, 9.17) is 14.2 Å². The molecule has 0 unspecified atom stereocenters. The molecule has 0 amide bonds. The number of benzene rings is 3. The van der Waals surface area contributed by atoms with Crippen LogP contribution in [0.15, 0.2) is 103 Å². The van der Waals surface area contributed by atoms with Crippen molar-refractivity contribution >= 4 is 0 Å². The molecule has 0 N–H and O–H groups in total. The third-order valence-corrected chi connectivity index (χ3v) is 5.32. The summed E-state index contributed by atoms with van der Waals surface area (Å²) in [5.41, 5.74) is 2.58. The Hall–Kier alpha value is -2.72. The third-order valence-electron chi connectivity index (χ3n) is 5.32. The Kier molecular flexibility index (Phi) is 6.14. The minimum absolute atomic E-state index is 0.0526. The molecule has 0 aromatic heterocycles. The fraction of sp³-hybridized carbons (Fsp3) is 0.259. The van der Waals surface area contributed by atoms with E-state index >= 15 is 0 Å². The van der Waals surface area contributed by atoms with Crippen LogP contribution < -0.4 is 0 Å². The van der Waals surface area contributed by atoms with E-state index in [1.807, 2.05) is 44.2 Å². The van der Waals surface area contributed by atoms with E-state index in [0.29, 0.717) is 13.2 Å². The van der Waals surface area contributed by atoms with Gasteiger partial charge in [-0.15, -0.1) is 0 Å². The average Bonchev–Trinajstić information content (AvgIpc) is 3.14. The SMILES string of the molecule is CC1(C)OC[C@H](/C=C/COC(c2ccccc2)(c2ccccc2)c2ccccc2)O1. The molecule has 0 radical (unpaired) electrons. The quantitative estimate of drug-likeness (QED) is 0.376. The van der Waals surface area contributed by atoms with Crippen molar-refractivity contribution in [1.29, 1.82) is 0 Å². The molecule has 1 fully saturated rings. The molecule has 154 valence electrons. The Morgan fingerprint density at radius 1 is 0.833 bits per heavy atom. The van der Waals surface area contributed by atoms with Crippen LogP contribution in [0.3, 0.4) is 0 Å². The normalized spacial score (nSPS) is 18.7. The monoisotopic (exact) mass is 400 g/mol. The summed E-state index contributed by atoms with van der Waals surface area (Å²) in [7, 11) is 0. The molecule has 0 spiro atoms. The highest BCUT2D eigenvalue weighted by atomic mass is 16.7.